The van der Waals surface area contributed by atoms with Gasteiger partial charge in [0, 0.05) is 24.7 Å². The molecule has 0 amide bonds. The Morgan fingerprint density at radius 2 is 2.12 bits per heavy atom. The first kappa shape index (κ1) is 17.3. The third-order valence-electron chi connectivity index (χ3n) is 4.95. The number of anilines is 1. The summed E-state index contributed by atoms with van der Waals surface area (Å²) in [5, 5.41) is 0.691. The van der Waals surface area contributed by atoms with Crippen molar-refractivity contribution in [2.75, 3.05) is 31.6 Å². The number of hydrogen-bond donors (Lipinski definition) is 0. The highest BCUT2D eigenvalue weighted by Crippen LogP contribution is 2.44. The van der Waals surface area contributed by atoms with E-state index in [1.807, 2.05) is 29.9 Å². The molecule has 6 nitrogen and oxygen atoms in total. The van der Waals surface area contributed by atoms with Gasteiger partial charge in [-0.2, -0.15) is 4.98 Å². The Morgan fingerprint density at radius 3 is 2.84 bits per heavy atom. The molecule has 9 heteroatoms. The van der Waals surface area contributed by atoms with Gasteiger partial charge in [0.2, 0.25) is 0 Å². The fourth-order valence-electron chi connectivity index (χ4n) is 3.89. The molecule has 2 aliphatic rings. The Balaban J connectivity index is 2.13. The van der Waals surface area contributed by atoms with Crippen molar-refractivity contribution < 1.29 is 9.13 Å². The maximum atomic E-state index is 14.9. The van der Waals surface area contributed by atoms with Crippen molar-refractivity contribution in [2.45, 2.75) is 25.9 Å². The minimum atomic E-state index is -0.489. The molecular weight excluding hydrogens is 462 g/mol. The number of piperazine rings is 1. The smallest absolute Gasteiger partial charge is 0.359 e. The quantitative estimate of drug-likeness (QED) is 0.545. The van der Waals surface area contributed by atoms with Crippen LogP contribution in [0.25, 0.3) is 10.9 Å². The molecule has 1 aromatic carbocycles. The Hall–Kier alpha value is -1.13. The van der Waals surface area contributed by atoms with E-state index < -0.39 is 11.5 Å². The monoisotopic (exact) mass is 478 g/mol. The lowest BCUT2D eigenvalue weighted by molar-refractivity contribution is 0.183. The topological polar surface area (TPSA) is 50.6 Å². The molecule has 2 aromatic rings. The molecule has 0 N–H and O–H groups in total. The van der Waals surface area contributed by atoms with Gasteiger partial charge in [0.05, 0.1) is 44.8 Å². The van der Waals surface area contributed by atoms with Gasteiger partial charge in [-0.25, -0.2) is 12.0 Å². The zero-order valence-corrected chi connectivity index (χ0v) is 16.9. The number of halogens is 3. The first-order valence-corrected chi connectivity index (χ1v) is 9.35. The van der Waals surface area contributed by atoms with Crippen LogP contribution < -0.4 is 15.3 Å². The van der Waals surface area contributed by atoms with Gasteiger partial charge in [0.15, 0.2) is 11.6 Å². The molecule has 2 aliphatic heterocycles. The second-order valence-corrected chi connectivity index (χ2v) is 8.09. The number of benzene rings is 1. The Labute approximate surface area is 163 Å². The van der Waals surface area contributed by atoms with Crippen LogP contribution in [0.5, 0.6) is 5.75 Å². The van der Waals surface area contributed by atoms with Crippen molar-refractivity contribution in [3.8, 4) is 5.75 Å². The molecule has 0 saturated carbocycles. The molecule has 0 aliphatic carbocycles. The molecule has 134 valence electrons. The molecule has 0 spiro atoms. The van der Waals surface area contributed by atoms with Crippen molar-refractivity contribution in [3.63, 3.8) is 0 Å². The van der Waals surface area contributed by atoms with Gasteiger partial charge in [0.1, 0.15) is 12.4 Å². The van der Waals surface area contributed by atoms with E-state index in [1.165, 1.54) is 2.78 Å². The number of rotatable bonds is 0. The van der Waals surface area contributed by atoms with Crippen molar-refractivity contribution >= 4 is 51.2 Å². The van der Waals surface area contributed by atoms with E-state index in [9.17, 15) is 9.18 Å². The Morgan fingerprint density at radius 1 is 1.40 bits per heavy atom. The number of ether oxygens (including phenoxy) is 1. The molecule has 2 unspecified atom stereocenters. The van der Waals surface area contributed by atoms with E-state index >= 15 is 0 Å². The van der Waals surface area contributed by atoms with Gasteiger partial charge in [-0.1, -0.05) is 11.6 Å². The SMILES string of the molecule is Cc1c(F)c2c3c(nc(=O)n(I)c3c1Cl)N1C(C)CN(C)CC1CO2. The van der Waals surface area contributed by atoms with E-state index in [2.05, 4.69) is 21.7 Å². The Bertz CT molecular complexity index is 950. The van der Waals surface area contributed by atoms with Crippen LogP contribution in [-0.2, 0) is 0 Å². The predicted octanol–water partition coefficient (Wildman–Crippen LogP) is 2.60. The van der Waals surface area contributed by atoms with Crippen LogP contribution in [0.15, 0.2) is 4.79 Å². The molecule has 1 fully saturated rings. The van der Waals surface area contributed by atoms with Gasteiger partial charge < -0.3 is 14.5 Å². The zero-order chi connectivity index (χ0) is 18.0. The van der Waals surface area contributed by atoms with E-state index in [0.717, 1.165) is 13.1 Å². The van der Waals surface area contributed by atoms with Crippen LogP contribution >= 0.6 is 34.5 Å². The summed E-state index contributed by atoms with van der Waals surface area (Å²) in [4.78, 5) is 21.0. The largest absolute Gasteiger partial charge is 0.487 e. The van der Waals surface area contributed by atoms with Crippen molar-refractivity contribution in [1.29, 1.82) is 0 Å². The molecule has 2 atom stereocenters. The van der Waals surface area contributed by atoms with Gasteiger partial charge in [-0.15, -0.1) is 0 Å². The summed E-state index contributed by atoms with van der Waals surface area (Å²) in [6.07, 6.45) is 0. The molecule has 25 heavy (non-hydrogen) atoms. The highest BCUT2D eigenvalue weighted by molar-refractivity contribution is 14.1. The van der Waals surface area contributed by atoms with Crippen LogP contribution in [0.1, 0.15) is 12.5 Å². The van der Waals surface area contributed by atoms with Crippen molar-refractivity contribution in [3.05, 3.63) is 26.9 Å². The van der Waals surface area contributed by atoms with Crippen molar-refractivity contribution in [1.82, 2.24) is 12.7 Å². The Kier molecular flexibility index (Phi) is 4.12. The fraction of sp³-hybridized carbons (Fsp3) is 0.500. The second-order valence-electron chi connectivity index (χ2n) is 6.75. The fourth-order valence-corrected chi connectivity index (χ4v) is 4.88. The number of nitrogens with zero attached hydrogens (tertiary/aromatic N) is 4. The molecule has 4 rings (SSSR count). The standard InChI is InChI=1S/C16H17ClFIN4O2/c1-7-4-21(3)5-9-6-25-14-10-13(11(17)8(2)12(14)18)23(19)16(24)20-15(10)22(7)9/h7,9H,4-6H2,1-3H3. The third-order valence-corrected chi connectivity index (χ3v) is 6.31. The van der Waals surface area contributed by atoms with Crippen LogP contribution in [0.4, 0.5) is 10.2 Å². The average molecular weight is 479 g/mol. The lowest BCUT2D eigenvalue weighted by Crippen LogP contribution is -2.59. The summed E-state index contributed by atoms with van der Waals surface area (Å²) in [6, 6.07) is 0.0985. The van der Waals surface area contributed by atoms with E-state index in [-0.39, 0.29) is 28.4 Å². The van der Waals surface area contributed by atoms with Gasteiger partial charge in [-0.3, -0.25) is 0 Å². The molecule has 3 heterocycles. The highest BCUT2D eigenvalue weighted by atomic mass is 127. The third kappa shape index (κ3) is 2.44. The summed E-state index contributed by atoms with van der Waals surface area (Å²) in [5.41, 5.74) is 0.308. The molecule has 1 saturated heterocycles. The van der Waals surface area contributed by atoms with E-state index in [0.29, 0.717) is 23.3 Å². The lowest BCUT2D eigenvalue weighted by atomic mass is 10.1. The summed E-state index contributed by atoms with van der Waals surface area (Å²) in [7, 11) is 2.04. The van der Waals surface area contributed by atoms with Crippen molar-refractivity contribution in [2.24, 2.45) is 0 Å². The average Bonchev–Trinajstić information content (AvgIpc) is 2.70. The summed E-state index contributed by atoms with van der Waals surface area (Å²) >= 11 is 8.26. The minimum absolute atomic E-state index is 0.0141. The summed E-state index contributed by atoms with van der Waals surface area (Å²) in [6.45, 7) is 5.57. The van der Waals surface area contributed by atoms with Gasteiger partial charge in [0.25, 0.3) is 0 Å². The van der Waals surface area contributed by atoms with Crippen LogP contribution in [0.2, 0.25) is 5.02 Å². The molecule has 1 aromatic heterocycles. The number of hydrogen-bond acceptors (Lipinski definition) is 5. The van der Waals surface area contributed by atoms with Crippen LogP contribution in [-0.4, -0.2) is 51.5 Å². The van der Waals surface area contributed by atoms with Gasteiger partial charge in [-0.05, 0) is 20.9 Å². The van der Waals surface area contributed by atoms with E-state index in [4.69, 9.17) is 16.3 Å². The minimum Gasteiger partial charge on any atom is -0.487 e. The first-order chi connectivity index (χ1) is 11.8. The van der Waals surface area contributed by atoms with Crippen LogP contribution in [0, 0.1) is 12.7 Å². The maximum Gasteiger partial charge on any atom is 0.359 e. The van der Waals surface area contributed by atoms with Crippen LogP contribution in [0.3, 0.4) is 0 Å². The zero-order valence-electron chi connectivity index (χ0n) is 14.0. The molecule has 0 radical (unpaired) electrons. The number of fused-ring (bicyclic) bond motifs is 2. The number of aromatic nitrogens is 2. The first-order valence-electron chi connectivity index (χ1n) is 8.01. The highest BCUT2D eigenvalue weighted by Gasteiger charge is 2.38. The predicted molar refractivity (Wildman–Crippen MR) is 104 cm³/mol. The summed E-state index contributed by atoms with van der Waals surface area (Å²) in [5.74, 6) is 0.109. The maximum absolute atomic E-state index is 14.9. The number of likely N-dealkylation sites (N-methyl/N-ethyl adjacent to an activating group) is 1. The normalized spacial score (nSPS) is 23.4. The summed E-state index contributed by atoms with van der Waals surface area (Å²) < 4.78 is 22.1. The van der Waals surface area contributed by atoms with E-state index in [1.54, 1.807) is 6.92 Å². The molecule has 0 bridgehead atoms. The van der Waals surface area contributed by atoms with Gasteiger partial charge >= 0.3 is 5.69 Å². The molecular formula is C16H17ClFIN4O2. The lowest BCUT2D eigenvalue weighted by Gasteiger charge is -2.44. The second kappa shape index (κ2) is 5.95.